The van der Waals surface area contributed by atoms with Crippen LogP contribution in [0.1, 0.15) is 13.3 Å². The molecule has 0 radical (unpaired) electrons. The second-order valence-electron chi connectivity index (χ2n) is 2.90. The molecule has 1 aliphatic carbocycles. The number of rotatable bonds is 2. The molecule has 4 heteroatoms. The van der Waals surface area contributed by atoms with Crippen LogP contribution in [0.2, 0.25) is 0 Å². The van der Waals surface area contributed by atoms with Crippen molar-refractivity contribution in [2.75, 3.05) is 7.11 Å². The third-order valence-corrected chi connectivity index (χ3v) is 3.14. The van der Waals surface area contributed by atoms with Crippen LogP contribution < -0.4 is 0 Å². The van der Waals surface area contributed by atoms with Crippen LogP contribution in [-0.4, -0.2) is 18.0 Å². The molecule has 2 nitrogen and oxygen atoms in total. The molecule has 0 spiro atoms. The van der Waals surface area contributed by atoms with Crippen molar-refractivity contribution in [3.05, 3.63) is 22.8 Å². The molecule has 12 heavy (non-hydrogen) atoms. The van der Waals surface area contributed by atoms with Gasteiger partial charge in [-0.05, 0) is 0 Å². The van der Waals surface area contributed by atoms with Crippen molar-refractivity contribution >= 4 is 16.9 Å². The third kappa shape index (κ3) is 2.00. The van der Waals surface area contributed by atoms with Gasteiger partial charge in [-0.25, -0.2) is 0 Å². The van der Waals surface area contributed by atoms with Gasteiger partial charge in [-0.1, -0.05) is 0 Å². The zero-order valence-corrected chi connectivity index (χ0v) is 8.30. The molecule has 0 saturated carbocycles. The third-order valence-electron chi connectivity index (χ3n) is 1.99. The van der Waals surface area contributed by atoms with E-state index < -0.39 is 10.2 Å². The van der Waals surface area contributed by atoms with Gasteiger partial charge >= 0.3 is 75.1 Å². The van der Waals surface area contributed by atoms with Crippen LogP contribution in [0.5, 0.6) is 0 Å². The number of hydrogen-bond donors (Lipinski definition) is 1. The molecule has 0 amide bonds. The Morgan fingerprint density at radius 3 is 2.92 bits per heavy atom. The Balaban J connectivity index is 2.95. The molecule has 2 unspecified atom stereocenters. The van der Waals surface area contributed by atoms with Crippen LogP contribution in [0.15, 0.2) is 22.8 Å². The molecule has 66 valence electrons. The van der Waals surface area contributed by atoms with Gasteiger partial charge < -0.3 is 0 Å². The molecule has 0 aliphatic heterocycles. The van der Waals surface area contributed by atoms with Gasteiger partial charge in [0, 0.05) is 0 Å². The first-order valence-corrected chi connectivity index (χ1v) is 5.33. The normalized spacial score (nSPS) is 25.6. The Morgan fingerprint density at radius 2 is 2.42 bits per heavy atom. The fourth-order valence-corrected chi connectivity index (χ4v) is 2.09. The molecule has 0 saturated heterocycles. The van der Waals surface area contributed by atoms with E-state index in [1.807, 2.05) is 19.1 Å². The van der Waals surface area contributed by atoms with Gasteiger partial charge in [-0.15, -0.1) is 0 Å². The molecule has 0 aromatic heterocycles. The van der Waals surface area contributed by atoms with E-state index in [4.69, 9.17) is 4.74 Å². The predicted molar refractivity (Wildman–Crippen MR) is 53.6 cm³/mol. The van der Waals surface area contributed by atoms with E-state index in [1.165, 1.54) is 0 Å². The fourth-order valence-electron chi connectivity index (χ4n) is 1.22. The average molecular weight is 184 g/mol. The maximum atomic E-state index is 11.2. The summed E-state index contributed by atoms with van der Waals surface area (Å²) >= 11 is 0. The molecule has 0 N–H and O–H groups in total. The van der Waals surface area contributed by atoms with Gasteiger partial charge in [0.15, 0.2) is 0 Å². The van der Waals surface area contributed by atoms with E-state index in [-0.39, 0.29) is 0 Å². The summed E-state index contributed by atoms with van der Waals surface area (Å²) in [5.74, 6) is 1.14. The van der Waals surface area contributed by atoms with Crippen molar-refractivity contribution in [2.24, 2.45) is 5.92 Å². The molecule has 0 heterocycles. The first-order chi connectivity index (χ1) is 5.65. The number of thiol groups is 1. The first kappa shape index (κ1) is 9.58. The van der Waals surface area contributed by atoms with Crippen molar-refractivity contribution in [3.63, 3.8) is 0 Å². The molecular formula is C8H13BO2S. The minimum atomic E-state index is -1.45. The van der Waals surface area contributed by atoms with E-state index >= 15 is 0 Å². The monoisotopic (exact) mass is 184 g/mol. The molecule has 0 fully saturated rings. The zero-order valence-electron chi connectivity index (χ0n) is 7.41. The molecule has 2 atom stereocenters. The number of hydrogen-bond acceptors (Lipinski definition) is 2. The summed E-state index contributed by atoms with van der Waals surface area (Å²) in [6, 6.07) is 0. The second kappa shape index (κ2) is 3.94. The SMILES string of the molecule is B=[SH](=O)C1=CC(OC)=CCC1C. The Hall–Kier alpha value is -0.505. The summed E-state index contributed by atoms with van der Waals surface area (Å²) < 4.78 is 16.2. The summed E-state index contributed by atoms with van der Waals surface area (Å²) in [7, 11) is 0.167. The van der Waals surface area contributed by atoms with Crippen LogP contribution in [0.25, 0.3) is 0 Å². The van der Waals surface area contributed by atoms with Crippen molar-refractivity contribution < 1.29 is 8.95 Å². The van der Waals surface area contributed by atoms with E-state index in [1.54, 1.807) is 7.11 Å². The topological polar surface area (TPSA) is 26.3 Å². The Bertz CT molecular complexity index is 294. The second-order valence-corrected chi connectivity index (χ2v) is 4.17. The van der Waals surface area contributed by atoms with Crippen molar-refractivity contribution in [2.45, 2.75) is 13.3 Å². The molecule has 0 bridgehead atoms. The summed E-state index contributed by atoms with van der Waals surface area (Å²) in [6.07, 6.45) is 4.73. The van der Waals surface area contributed by atoms with Crippen LogP contribution in [0, 0.1) is 5.92 Å². The van der Waals surface area contributed by atoms with Crippen LogP contribution in [-0.2, 0) is 15.0 Å². The van der Waals surface area contributed by atoms with Crippen LogP contribution >= 0.6 is 0 Å². The zero-order chi connectivity index (χ0) is 9.14. The van der Waals surface area contributed by atoms with E-state index in [0.717, 1.165) is 17.1 Å². The molecule has 1 aliphatic rings. The van der Waals surface area contributed by atoms with Gasteiger partial charge in [0.25, 0.3) is 0 Å². The van der Waals surface area contributed by atoms with Gasteiger partial charge in [0.05, 0.1) is 0 Å². The van der Waals surface area contributed by atoms with Gasteiger partial charge in [-0.3, -0.25) is 0 Å². The number of ether oxygens (including phenoxy) is 1. The van der Waals surface area contributed by atoms with Gasteiger partial charge in [0.2, 0.25) is 0 Å². The standard InChI is InChI=1S/C8H13BO2S/c1-6-3-4-7(11-2)5-8(6)12(9)10/h4-6,9,12H,3H2,1-2H3. The molecule has 0 aromatic carbocycles. The fraction of sp³-hybridized carbons (Fsp3) is 0.500. The summed E-state index contributed by atoms with van der Waals surface area (Å²) in [4.78, 5) is 0.907. The van der Waals surface area contributed by atoms with Crippen LogP contribution in [0.3, 0.4) is 0 Å². The summed E-state index contributed by atoms with van der Waals surface area (Å²) in [5, 5.41) is 0. The Morgan fingerprint density at radius 1 is 1.75 bits per heavy atom. The van der Waals surface area contributed by atoms with E-state index in [9.17, 15) is 4.21 Å². The Labute approximate surface area is 75.6 Å². The quantitative estimate of drug-likeness (QED) is 0.506. The van der Waals surface area contributed by atoms with Crippen LogP contribution in [0.4, 0.5) is 0 Å². The van der Waals surface area contributed by atoms with Crippen molar-refractivity contribution in [3.8, 4) is 0 Å². The minimum absolute atomic E-state index is 0.338. The van der Waals surface area contributed by atoms with Gasteiger partial charge in [-0.2, -0.15) is 0 Å². The number of methoxy groups -OCH3 is 1. The molecule has 1 rings (SSSR count). The molecular weight excluding hydrogens is 171 g/mol. The first-order valence-electron chi connectivity index (χ1n) is 3.88. The number of allylic oxidation sites excluding steroid dienone is 3. The predicted octanol–water partition coefficient (Wildman–Crippen LogP) is 0.737. The maximum absolute atomic E-state index is 11.2. The summed E-state index contributed by atoms with van der Waals surface area (Å²) in [5.41, 5.74) is 0. The Kier molecular flexibility index (Phi) is 3.15. The molecule has 0 aromatic rings. The van der Waals surface area contributed by atoms with E-state index in [0.29, 0.717) is 5.92 Å². The average Bonchev–Trinajstić information content (AvgIpc) is 2.05. The summed E-state index contributed by atoms with van der Waals surface area (Å²) in [6.45, 7) is 5.59. The van der Waals surface area contributed by atoms with Crippen molar-refractivity contribution in [1.29, 1.82) is 0 Å². The van der Waals surface area contributed by atoms with Gasteiger partial charge in [0.1, 0.15) is 0 Å². The van der Waals surface area contributed by atoms with E-state index in [2.05, 4.69) is 6.72 Å². The van der Waals surface area contributed by atoms with Crippen molar-refractivity contribution in [1.82, 2.24) is 0 Å².